The SMILES string of the molecule is O[C@H]1CCOc2c(Cl)cc(F)cc21. The quantitative estimate of drug-likeness (QED) is 0.700. The van der Waals surface area contributed by atoms with Crippen LogP contribution in [0.25, 0.3) is 0 Å². The van der Waals surface area contributed by atoms with Gasteiger partial charge >= 0.3 is 0 Å². The number of ether oxygens (including phenoxy) is 1. The first-order valence-electron chi connectivity index (χ1n) is 3.98. The van der Waals surface area contributed by atoms with Gasteiger partial charge in [-0.3, -0.25) is 0 Å². The van der Waals surface area contributed by atoms with E-state index in [2.05, 4.69) is 0 Å². The fourth-order valence-electron chi connectivity index (χ4n) is 1.41. The Morgan fingerprint density at radius 2 is 2.31 bits per heavy atom. The molecule has 0 unspecified atom stereocenters. The highest BCUT2D eigenvalue weighted by Crippen LogP contribution is 2.38. The summed E-state index contributed by atoms with van der Waals surface area (Å²) in [6.07, 6.45) is -0.191. The second-order valence-corrected chi connectivity index (χ2v) is 3.37. The first-order valence-corrected chi connectivity index (χ1v) is 4.36. The van der Waals surface area contributed by atoms with Crippen LogP contribution in [0.4, 0.5) is 4.39 Å². The molecule has 0 saturated heterocycles. The van der Waals surface area contributed by atoms with Crippen LogP contribution in [0, 0.1) is 5.82 Å². The lowest BCUT2D eigenvalue weighted by molar-refractivity contribution is 0.115. The highest BCUT2D eigenvalue weighted by Gasteiger charge is 2.22. The van der Waals surface area contributed by atoms with Crippen molar-refractivity contribution in [2.45, 2.75) is 12.5 Å². The molecule has 0 bridgehead atoms. The summed E-state index contributed by atoms with van der Waals surface area (Å²) in [4.78, 5) is 0. The van der Waals surface area contributed by atoms with Crippen LogP contribution in [0.3, 0.4) is 0 Å². The van der Waals surface area contributed by atoms with E-state index in [4.69, 9.17) is 16.3 Å². The molecule has 1 aromatic carbocycles. The van der Waals surface area contributed by atoms with Crippen molar-refractivity contribution in [1.82, 2.24) is 0 Å². The van der Waals surface area contributed by atoms with Gasteiger partial charge in [-0.15, -0.1) is 0 Å². The summed E-state index contributed by atoms with van der Waals surface area (Å²) in [7, 11) is 0. The predicted molar refractivity (Wildman–Crippen MR) is 46.5 cm³/mol. The Kier molecular flexibility index (Phi) is 2.14. The van der Waals surface area contributed by atoms with E-state index in [1.807, 2.05) is 0 Å². The number of benzene rings is 1. The van der Waals surface area contributed by atoms with Crippen molar-refractivity contribution in [3.05, 3.63) is 28.5 Å². The predicted octanol–water partition coefficient (Wildman–Crippen LogP) is 2.29. The maximum Gasteiger partial charge on any atom is 0.143 e. The van der Waals surface area contributed by atoms with Gasteiger partial charge in [0, 0.05) is 12.0 Å². The number of rotatable bonds is 0. The summed E-state index contributed by atoms with van der Waals surface area (Å²) < 4.78 is 18.1. The van der Waals surface area contributed by atoms with Crippen molar-refractivity contribution in [3.8, 4) is 5.75 Å². The third-order valence-electron chi connectivity index (χ3n) is 2.03. The third kappa shape index (κ3) is 1.49. The first kappa shape index (κ1) is 8.78. The van der Waals surface area contributed by atoms with Crippen molar-refractivity contribution >= 4 is 11.6 Å². The number of hydrogen-bond acceptors (Lipinski definition) is 2. The molecule has 0 fully saturated rings. The van der Waals surface area contributed by atoms with Crippen LogP contribution in [0.1, 0.15) is 18.1 Å². The van der Waals surface area contributed by atoms with Crippen LogP contribution < -0.4 is 4.74 Å². The molecular weight excluding hydrogens is 195 g/mol. The Morgan fingerprint density at radius 1 is 1.54 bits per heavy atom. The van der Waals surface area contributed by atoms with Gasteiger partial charge in [0.25, 0.3) is 0 Å². The lowest BCUT2D eigenvalue weighted by Gasteiger charge is -2.22. The van der Waals surface area contributed by atoms with E-state index in [1.165, 1.54) is 12.1 Å². The zero-order valence-corrected chi connectivity index (χ0v) is 7.51. The molecule has 1 heterocycles. The zero-order chi connectivity index (χ0) is 9.42. The van der Waals surface area contributed by atoms with Gasteiger partial charge in [-0.05, 0) is 12.1 Å². The molecule has 0 aliphatic carbocycles. The van der Waals surface area contributed by atoms with Gasteiger partial charge in [-0.25, -0.2) is 4.39 Å². The number of aliphatic hydroxyl groups excluding tert-OH is 1. The lowest BCUT2D eigenvalue weighted by Crippen LogP contribution is -2.14. The van der Waals surface area contributed by atoms with Gasteiger partial charge in [0.2, 0.25) is 0 Å². The maximum atomic E-state index is 12.9. The Balaban J connectivity index is 2.56. The molecule has 13 heavy (non-hydrogen) atoms. The standard InChI is InChI=1S/C9H8ClFO2/c10-7-4-5(11)3-6-8(12)1-2-13-9(6)7/h3-4,8,12H,1-2H2/t8-/m0/s1. The van der Waals surface area contributed by atoms with Gasteiger partial charge in [0.1, 0.15) is 11.6 Å². The number of hydrogen-bond donors (Lipinski definition) is 1. The summed E-state index contributed by atoms with van der Waals surface area (Å²) in [6, 6.07) is 2.43. The molecule has 0 radical (unpaired) electrons. The molecular formula is C9H8ClFO2. The van der Waals surface area contributed by atoms with Crippen LogP contribution in [0.2, 0.25) is 5.02 Å². The molecule has 1 aliphatic heterocycles. The Hall–Kier alpha value is -0.800. The van der Waals surface area contributed by atoms with E-state index in [1.54, 1.807) is 0 Å². The van der Waals surface area contributed by atoms with Crippen molar-refractivity contribution in [3.63, 3.8) is 0 Å². The second kappa shape index (κ2) is 3.16. The van der Waals surface area contributed by atoms with E-state index in [0.717, 1.165) is 0 Å². The average molecular weight is 203 g/mol. The van der Waals surface area contributed by atoms with E-state index in [0.29, 0.717) is 24.3 Å². The summed E-state index contributed by atoms with van der Waals surface area (Å²) in [5.74, 6) is -0.0462. The molecule has 2 rings (SSSR count). The molecule has 0 spiro atoms. The smallest absolute Gasteiger partial charge is 0.143 e. The minimum Gasteiger partial charge on any atom is -0.492 e. The van der Waals surface area contributed by atoms with E-state index in [-0.39, 0.29) is 5.02 Å². The van der Waals surface area contributed by atoms with E-state index in [9.17, 15) is 9.50 Å². The summed E-state index contributed by atoms with van der Waals surface area (Å²) in [6.45, 7) is 0.416. The molecule has 0 saturated carbocycles. The van der Waals surface area contributed by atoms with Crippen LogP contribution in [-0.2, 0) is 0 Å². The monoisotopic (exact) mass is 202 g/mol. The zero-order valence-electron chi connectivity index (χ0n) is 6.76. The third-order valence-corrected chi connectivity index (χ3v) is 2.31. The summed E-state index contributed by atoms with van der Waals surface area (Å²) in [5.41, 5.74) is 0.441. The van der Waals surface area contributed by atoms with Gasteiger partial charge in [0.15, 0.2) is 0 Å². The molecule has 1 N–H and O–H groups in total. The maximum absolute atomic E-state index is 12.9. The summed E-state index contributed by atoms with van der Waals surface area (Å²) in [5, 5.41) is 9.72. The minimum absolute atomic E-state index is 0.216. The second-order valence-electron chi connectivity index (χ2n) is 2.96. The van der Waals surface area contributed by atoms with Crippen molar-refractivity contribution < 1.29 is 14.2 Å². The average Bonchev–Trinajstić information content (AvgIpc) is 2.07. The van der Waals surface area contributed by atoms with Gasteiger partial charge < -0.3 is 9.84 Å². The molecule has 1 aliphatic rings. The molecule has 2 nitrogen and oxygen atoms in total. The highest BCUT2D eigenvalue weighted by molar-refractivity contribution is 6.32. The number of halogens is 2. The fraction of sp³-hybridized carbons (Fsp3) is 0.333. The largest absolute Gasteiger partial charge is 0.492 e. The highest BCUT2D eigenvalue weighted by atomic mass is 35.5. The molecule has 0 aromatic heterocycles. The molecule has 4 heteroatoms. The van der Waals surface area contributed by atoms with Crippen LogP contribution in [-0.4, -0.2) is 11.7 Å². The normalized spacial score (nSPS) is 20.7. The van der Waals surface area contributed by atoms with Gasteiger partial charge in [-0.1, -0.05) is 11.6 Å². The molecule has 1 aromatic rings. The van der Waals surface area contributed by atoms with E-state index < -0.39 is 11.9 Å². The fourth-order valence-corrected chi connectivity index (χ4v) is 1.68. The lowest BCUT2D eigenvalue weighted by atomic mass is 10.0. The van der Waals surface area contributed by atoms with Crippen molar-refractivity contribution in [1.29, 1.82) is 0 Å². The van der Waals surface area contributed by atoms with Gasteiger partial charge in [0.05, 0.1) is 17.7 Å². The summed E-state index contributed by atoms with van der Waals surface area (Å²) >= 11 is 5.74. The van der Waals surface area contributed by atoms with Crippen LogP contribution >= 0.6 is 11.6 Å². The van der Waals surface area contributed by atoms with Gasteiger partial charge in [-0.2, -0.15) is 0 Å². The van der Waals surface area contributed by atoms with Crippen LogP contribution in [0.5, 0.6) is 5.75 Å². The molecule has 70 valence electrons. The van der Waals surface area contributed by atoms with Crippen molar-refractivity contribution in [2.24, 2.45) is 0 Å². The Labute approximate surface area is 79.9 Å². The number of aliphatic hydroxyl groups is 1. The Bertz CT molecular complexity index is 341. The van der Waals surface area contributed by atoms with Crippen molar-refractivity contribution in [2.75, 3.05) is 6.61 Å². The molecule has 1 atom stereocenters. The van der Waals surface area contributed by atoms with Crippen LogP contribution in [0.15, 0.2) is 12.1 Å². The van der Waals surface area contributed by atoms with E-state index >= 15 is 0 Å². The topological polar surface area (TPSA) is 29.5 Å². The number of fused-ring (bicyclic) bond motifs is 1. The minimum atomic E-state index is -0.669. The molecule has 0 amide bonds. The first-order chi connectivity index (χ1) is 6.18. The Morgan fingerprint density at radius 3 is 3.08 bits per heavy atom.